The molecule has 2 rings (SSSR count). The Hall–Kier alpha value is -1.62. The van der Waals surface area contributed by atoms with E-state index >= 15 is 0 Å². The van der Waals surface area contributed by atoms with Crippen molar-refractivity contribution in [1.29, 1.82) is 0 Å². The maximum Gasteiger partial charge on any atom is 0.573 e. The summed E-state index contributed by atoms with van der Waals surface area (Å²) < 4.78 is 67.8. The van der Waals surface area contributed by atoms with Gasteiger partial charge >= 0.3 is 6.36 Å². The van der Waals surface area contributed by atoms with Crippen LogP contribution in [0.15, 0.2) is 46.0 Å². The number of alkyl halides is 3. The summed E-state index contributed by atoms with van der Waals surface area (Å²) in [6.07, 6.45) is -4.88. The maximum atomic E-state index is 12.4. The van der Waals surface area contributed by atoms with E-state index in [2.05, 4.69) is 9.46 Å². The van der Waals surface area contributed by atoms with Crippen LogP contribution in [0.5, 0.6) is 5.75 Å². The highest BCUT2D eigenvalue weighted by atomic mass is 32.2. The van der Waals surface area contributed by atoms with Gasteiger partial charge in [0, 0.05) is 18.7 Å². The molecule has 0 bridgehead atoms. The second-order valence-electron chi connectivity index (χ2n) is 5.41. The zero-order valence-electron chi connectivity index (χ0n) is 13.4. The highest BCUT2D eigenvalue weighted by molar-refractivity contribution is 7.89. The smallest absolute Gasteiger partial charge is 0.406 e. The van der Waals surface area contributed by atoms with E-state index in [-0.39, 0.29) is 17.5 Å². The molecule has 0 fully saturated rings. The fourth-order valence-corrected chi connectivity index (χ4v) is 3.95. The molecule has 138 valence electrons. The van der Waals surface area contributed by atoms with Crippen LogP contribution in [0.25, 0.3) is 0 Å². The van der Waals surface area contributed by atoms with Crippen molar-refractivity contribution in [2.75, 3.05) is 20.6 Å². The van der Waals surface area contributed by atoms with Crippen molar-refractivity contribution >= 4 is 21.4 Å². The number of rotatable bonds is 7. The van der Waals surface area contributed by atoms with Gasteiger partial charge in [-0.25, -0.2) is 13.1 Å². The minimum absolute atomic E-state index is 0.0798. The molecule has 0 radical (unpaired) electrons. The zero-order chi connectivity index (χ0) is 18.7. The molecule has 0 spiro atoms. The maximum absolute atomic E-state index is 12.4. The van der Waals surface area contributed by atoms with Crippen LogP contribution in [0.1, 0.15) is 11.6 Å². The van der Waals surface area contributed by atoms with E-state index in [4.69, 9.17) is 0 Å². The van der Waals surface area contributed by atoms with Crippen molar-refractivity contribution in [3.63, 3.8) is 0 Å². The van der Waals surface area contributed by atoms with E-state index in [1.807, 2.05) is 35.8 Å². The molecule has 0 aliphatic heterocycles. The van der Waals surface area contributed by atoms with Crippen molar-refractivity contribution in [1.82, 2.24) is 9.62 Å². The Morgan fingerprint density at radius 2 is 2.00 bits per heavy atom. The number of nitrogens with one attached hydrogen (secondary N) is 1. The largest absolute Gasteiger partial charge is 0.573 e. The number of hydrogen-bond acceptors (Lipinski definition) is 5. The first-order chi connectivity index (χ1) is 11.6. The molecule has 1 heterocycles. The lowest BCUT2D eigenvalue weighted by atomic mass is 10.1. The molecule has 2 aromatic rings. The van der Waals surface area contributed by atoms with Crippen LogP contribution >= 0.6 is 11.3 Å². The lowest BCUT2D eigenvalue weighted by molar-refractivity contribution is -0.274. The van der Waals surface area contributed by atoms with Gasteiger partial charge in [-0.3, -0.25) is 0 Å². The predicted octanol–water partition coefficient (Wildman–Crippen LogP) is 3.23. The molecular formula is C15H17F3N2O3S2. The summed E-state index contributed by atoms with van der Waals surface area (Å²) in [5.41, 5.74) is 0.951. The highest BCUT2D eigenvalue weighted by Crippen LogP contribution is 2.25. The fourth-order valence-electron chi connectivity index (χ4n) is 2.17. The van der Waals surface area contributed by atoms with E-state index in [1.54, 1.807) is 0 Å². The van der Waals surface area contributed by atoms with E-state index in [9.17, 15) is 21.6 Å². The number of ether oxygens (including phenoxy) is 1. The molecule has 0 amide bonds. The summed E-state index contributed by atoms with van der Waals surface area (Å²) in [5, 5.41) is 3.80. The normalized spacial score (nSPS) is 13.8. The van der Waals surface area contributed by atoms with Crippen molar-refractivity contribution in [3.05, 3.63) is 46.7 Å². The standard InChI is InChI=1S/C15H17F3N2O3S2/c1-20(2)14(11-6-7-24-10-11)9-19-25(21,22)13-5-3-4-12(8-13)23-15(16,17)18/h3-8,10,14,19H,9H2,1-2H3/t14-/m1/s1. The molecule has 1 atom stereocenters. The number of likely N-dealkylation sites (N-methyl/N-ethyl adjacent to an activating group) is 1. The average molecular weight is 394 g/mol. The highest BCUT2D eigenvalue weighted by Gasteiger charge is 2.31. The topological polar surface area (TPSA) is 58.6 Å². The number of benzene rings is 1. The van der Waals surface area contributed by atoms with Gasteiger partial charge < -0.3 is 9.64 Å². The second kappa shape index (κ2) is 7.73. The minimum atomic E-state index is -4.88. The third kappa shape index (κ3) is 5.70. The summed E-state index contributed by atoms with van der Waals surface area (Å²) in [5.74, 6) is -0.586. The molecule has 0 unspecified atom stereocenters. The molecule has 0 saturated heterocycles. The molecule has 0 saturated carbocycles. The Balaban J connectivity index is 2.15. The molecule has 0 aliphatic carbocycles. The molecule has 5 nitrogen and oxygen atoms in total. The van der Waals surface area contributed by atoms with Gasteiger partial charge in [0.1, 0.15) is 5.75 Å². The van der Waals surface area contributed by atoms with E-state index < -0.39 is 22.1 Å². The number of thiophene rings is 1. The van der Waals surface area contributed by atoms with Gasteiger partial charge in [0.05, 0.1) is 4.90 Å². The Morgan fingerprint density at radius 3 is 2.56 bits per heavy atom. The van der Waals surface area contributed by atoms with Crippen molar-refractivity contribution in [2.45, 2.75) is 17.3 Å². The quantitative estimate of drug-likeness (QED) is 0.783. The van der Waals surface area contributed by atoms with Crippen LogP contribution in [0.2, 0.25) is 0 Å². The summed E-state index contributed by atoms with van der Waals surface area (Å²) in [7, 11) is -0.351. The Bertz CT molecular complexity index is 791. The zero-order valence-corrected chi connectivity index (χ0v) is 15.1. The molecule has 1 aromatic heterocycles. The Morgan fingerprint density at radius 1 is 1.28 bits per heavy atom. The van der Waals surface area contributed by atoms with Gasteiger partial charge in [-0.15, -0.1) is 13.2 Å². The molecule has 0 aliphatic rings. The SMILES string of the molecule is CN(C)[C@H](CNS(=O)(=O)c1cccc(OC(F)(F)F)c1)c1ccsc1. The van der Waals surface area contributed by atoms with Gasteiger partial charge in [0.25, 0.3) is 0 Å². The summed E-state index contributed by atoms with van der Waals surface area (Å²) in [4.78, 5) is 1.56. The van der Waals surface area contributed by atoms with E-state index in [0.29, 0.717) is 0 Å². The summed E-state index contributed by atoms with van der Waals surface area (Å²) in [6.45, 7) is 0.0798. The van der Waals surface area contributed by atoms with Crippen molar-refractivity contribution in [3.8, 4) is 5.75 Å². The number of halogens is 3. The van der Waals surface area contributed by atoms with Crippen LogP contribution < -0.4 is 9.46 Å². The van der Waals surface area contributed by atoms with E-state index in [1.165, 1.54) is 23.5 Å². The number of nitrogens with zero attached hydrogens (tertiary/aromatic N) is 1. The van der Waals surface area contributed by atoms with Crippen LogP contribution in [0, 0.1) is 0 Å². The molecule has 1 aromatic carbocycles. The number of sulfonamides is 1. The van der Waals surface area contributed by atoms with E-state index in [0.717, 1.165) is 17.7 Å². The molecule has 25 heavy (non-hydrogen) atoms. The fraction of sp³-hybridized carbons (Fsp3) is 0.333. The average Bonchev–Trinajstić information content (AvgIpc) is 2.99. The van der Waals surface area contributed by atoms with Crippen LogP contribution in [-0.2, 0) is 10.0 Å². The predicted molar refractivity (Wildman–Crippen MR) is 89.1 cm³/mol. The van der Waals surface area contributed by atoms with Gasteiger partial charge in [-0.05, 0) is 48.6 Å². The van der Waals surface area contributed by atoms with Gasteiger partial charge in [-0.1, -0.05) is 6.07 Å². The second-order valence-corrected chi connectivity index (χ2v) is 7.96. The summed E-state index contributed by atoms with van der Waals surface area (Å²) in [6, 6.07) is 5.97. The first-order valence-electron chi connectivity index (χ1n) is 7.12. The third-order valence-electron chi connectivity index (χ3n) is 3.37. The van der Waals surface area contributed by atoms with Crippen LogP contribution in [0.4, 0.5) is 13.2 Å². The van der Waals surface area contributed by atoms with Crippen LogP contribution in [0.3, 0.4) is 0 Å². The lowest BCUT2D eigenvalue weighted by Crippen LogP contribution is -2.34. The number of hydrogen-bond donors (Lipinski definition) is 1. The molecular weight excluding hydrogens is 377 g/mol. The lowest BCUT2D eigenvalue weighted by Gasteiger charge is -2.24. The van der Waals surface area contributed by atoms with Gasteiger partial charge in [-0.2, -0.15) is 11.3 Å². The Labute approximate surface area is 148 Å². The minimum Gasteiger partial charge on any atom is -0.406 e. The van der Waals surface area contributed by atoms with Crippen LogP contribution in [-0.4, -0.2) is 40.3 Å². The molecule has 10 heteroatoms. The van der Waals surface area contributed by atoms with Crippen molar-refractivity contribution in [2.24, 2.45) is 0 Å². The molecule has 1 N–H and O–H groups in total. The first-order valence-corrected chi connectivity index (χ1v) is 9.55. The first kappa shape index (κ1) is 19.7. The summed E-state index contributed by atoms with van der Waals surface area (Å²) >= 11 is 1.50. The van der Waals surface area contributed by atoms with Crippen molar-refractivity contribution < 1.29 is 26.3 Å². The Kier molecular flexibility index (Phi) is 6.09. The monoisotopic (exact) mass is 394 g/mol. The third-order valence-corrected chi connectivity index (χ3v) is 5.49. The van der Waals surface area contributed by atoms with Gasteiger partial charge in [0.15, 0.2) is 0 Å². The van der Waals surface area contributed by atoms with Gasteiger partial charge in [0.2, 0.25) is 10.0 Å².